The molecule has 2 rings (SSSR count). The van der Waals surface area contributed by atoms with Crippen LogP contribution in [0.3, 0.4) is 0 Å². The van der Waals surface area contributed by atoms with E-state index in [4.69, 9.17) is 5.73 Å². The molecule has 1 aliphatic rings. The lowest BCUT2D eigenvalue weighted by atomic mass is 10.1. The molecule has 0 radical (unpaired) electrons. The van der Waals surface area contributed by atoms with Gasteiger partial charge in [-0.05, 0) is 11.6 Å². The zero-order valence-electron chi connectivity index (χ0n) is 7.21. The molecule has 13 heavy (non-hydrogen) atoms. The molecule has 0 fully saturated rings. The predicted molar refractivity (Wildman–Crippen MR) is 48.2 cm³/mol. The van der Waals surface area contributed by atoms with Crippen molar-refractivity contribution in [1.82, 2.24) is 10.3 Å². The van der Waals surface area contributed by atoms with Gasteiger partial charge in [0.2, 0.25) is 0 Å². The molecule has 0 aromatic carbocycles. The smallest absolute Gasteiger partial charge is 0.267 e. The Labute approximate surface area is 76.2 Å². The van der Waals surface area contributed by atoms with E-state index in [1.807, 2.05) is 6.07 Å². The van der Waals surface area contributed by atoms with Crippen LogP contribution < -0.4 is 11.1 Å². The minimum atomic E-state index is -0.457. The summed E-state index contributed by atoms with van der Waals surface area (Å²) in [6.07, 6.45) is 0.871. The molecule has 1 amide bonds. The SMILES string of the molecule is NC(=O)c1ccc2c(n1)CCNC2. The van der Waals surface area contributed by atoms with Crippen LogP contribution in [0.25, 0.3) is 0 Å². The van der Waals surface area contributed by atoms with Gasteiger partial charge in [-0.15, -0.1) is 0 Å². The summed E-state index contributed by atoms with van der Waals surface area (Å²) in [6.45, 7) is 1.75. The number of carbonyl (C=O) groups is 1. The average molecular weight is 177 g/mol. The van der Waals surface area contributed by atoms with Crippen LogP contribution in [0.15, 0.2) is 12.1 Å². The third-order valence-electron chi connectivity index (χ3n) is 2.17. The van der Waals surface area contributed by atoms with E-state index in [0.717, 1.165) is 30.8 Å². The van der Waals surface area contributed by atoms with Crippen molar-refractivity contribution in [3.05, 3.63) is 29.1 Å². The Bertz CT molecular complexity index is 349. The van der Waals surface area contributed by atoms with Gasteiger partial charge in [-0.1, -0.05) is 6.07 Å². The number of nitrogens with one attached hydrogen (secondary N) is 1. The standard InChI is InChI=1S/C9H11N3O/c10-9(13)8-2-1-6-5-11-4-3-7(6)12-8/h1-2,11H,3-5H2,(H2,10,13). The number of primary amides is 1. The molecule has 1 aromatic rings. The molecule has 68 valence electrons. The summed E-state index contributed by atoms with van der Waals surface area (Å²) in [5, 5.41) is 3.23. The van der Waals surface area contributed by atoms with Gasteiger partial charge in [-0.25, -0.2) is 4.98 Å². The summed E-state index contributed by atoms with van der Waals surface area (Å²) in [5.74, 6) is -0.457. The Balaban J connectivity index is 2.40. The molecule has 3 N–H and O–H groups in total. The van der Waals surface area contributed by atoms with E-state index >= 15 is 0 Å². The number of fused-ring (bicyclic) bond motifs is 1. The molecule has 0 aliphatic carbocycles. The second-order valence-corrected chi connectivity index (χ2v) is 3.09. The highest BCUT2D eigenvalue weighted by molar-refractivity contribution is 5.90. The fourth-order valence-corrected chi connectivity index (χ4v) is 1.47. The van der Waals surface area contributed by atoms with Crippen LogP contribution in [-0.4, -0.2) is 17.4 Å². The molecule has 4 nitrogen and oxygen atoms in total. The van der Waals surface area contributed by atoms with E-state index < -0.39 is 5.91 Å². The predicted octanol–water partition coefficient (Wildman–Crippen LogP) is -0.174. The molecular weight excluding hydrogens is 166 g/mol. The summed E-state index contributed by atoms with van der Waals surface area (Å²) in [7, 11) is 0. The van der Waals surface area contributed by atoms with Crippen molar-refractivity contribution in [1.29, 1.82) is 0 Å². The van der Waals surface area contributed by atoms with Crippen LogP contribution in [0.4, 0.5) is 0 Å². The number of amides is 1. The summed E-state index contributed by atoms with van der Waals surface area (Å²) in [5.41, 5.74) is 7.65. The number of nitrogens with zero attached hydrogens (tertiary/aromatic N) is 1. The fourth-order valence-electron chi connectivity index (χ4n) is 1.47. The topological polar surface area (TPSA) is 68.0 Å². The van der Waals surface area contributed by atoms with Crippen molar-refractivity contribution in [2.75, 3.05) is 6.54 Å². The molecule has 2 heterocycles. The maximum atomic E-state index is 10.8. The molecule has 0 bridgehead atoms. The molecule has 1 aliphatic heterocycles. The highest BCUT2D eigenvalue weighted by Gasteiger charge is 2.11. The maximum absolute atomic E-state index is 10.8. The number of nitrogens with two attached hydrogens (primary N) is 1. The first-order chi connectivity index (χ1) is 6.27. The number of carbonyl (C=O) groups excluding carboxylic acids is 1. The van der Waals surface area contributed by atoms with Crippen molar-refractivity contribution < 1.29 is 4.79 Å². The van der Waals surface area contributed by atoms with Crippen molar-refractivity contribution >= 4 is 5.91 Å². The minimum absolute atomic E-state index is 0.362. The van der Waals surface area contributed by atoms with E-state index in [-0.39, 0.29) is 0 Å². The molecule has 0 saturated carbocycles. The molecular formula is C9H11N3O. The maximum Gasteiger partial charge on any atom is 0.267 e. The van der Waals surface area contributed by atoms with E-state index in [1.54, 1.807) is 6.07 Å². The largest absolute Gasteiger partial charge is 0.364 e. The Morgan fingerprint density at radius 2 is 2.38 bits per heavy atom. The number of rotatable bonds is 1. The highest BCUT2D eigenvalue weighted by Crippen LogP contribution is 2.11. The molecule has 0 saturated heterocycles. The quantitative estimate of drug-likeness (QED) is 0.625. The van der Waals surface area contributed by atoms with Gasteiger partial charge in [0.15, 0.2) is 0 Å². The van der Waals surface area contributed by atoms with Gasteiger partial charge in [-0.3, -0.25) is 4.79 Å². The lowest BCUT2D eigenvalue weighted by molar-refractivity contribution is 0.0995. The second kappa shape index (κ2) is 3.14. The first kappa shape index (κ1) is 8.19. The highest BCUT2D eigenvalue weighted by atomic mass is 16.1. The number of pyridine rings is 1. The van der Waals surface area contributed by atoms with Crippen molar-refractivity contribution in [3.63, 3.8) is 0 Å². The normalized spacial score (nSPS) is 15.1. The Morgan fingerprint density at radius 1 is 1.54 bits per heavy atom. The number of hydrogen-bond donors (Lipinski definition) is 2. The van der Waals surface area contributed by atoms with Crippen molar-refractivity contribution in [2.24, 2.45) is 5.73 Å². The molecule has 0 spiro atoms. The van der Waals surface area contributed by atoms with E-state index in [1.165, 1.54) is 0 Å². The molecule has 0 unspecified atom stereocenters. The summed E-state index contributed by atoms with van der Waals surface area (Å²) in [6, 6.07) is 3.59. The van der Waals surface area contributed by atoms with Crippen LogP contribution in [0.1, 0.15) is 21.7 Å². The lowest BCUT2D eigenvalue weighted by Crippen LogP contribution is -2.25. The summed E-state index contributed by atoms with van der Waals surface area (Å²) >= 11 is 0. The van der Waals surface area contributed by atoms with Crippen LogP contribution >= 0.6 is 0 Å². The van der Waals surface area contributed by atoms with Crippen LogP contribution in [0.5, 0.6) is 0 Å². The third-order valence-corrected chi connectivity index (χ3v) is 2.17. The second-order valence-electron chi connectivity index (χ2n) is 3.09. The van der Waals surface area contributed by atoms with Gasteiger partial charge < -0.3 is 11.1 Å². The van der Waals surface area contributed by atoms with Gasteiger partial charge in [-0.2, -0.15) is 0 Å². The third kappa shape index (κ3) is 1.53. The zero-order valence-corrected chi connectivity index (χ0v) is 7.21. The average Bonchev–Trinajstić information content (AvgIpc) is 2.17. The Morgan fingerprint density at radius 3 is 3.15 bits per heavy atom. The first-order valence-corrected chi connectivity index (χ1v) is 4.26. The molecule has 1 aromatic heterocycles. The van der Waals surface area contributed by atoms with Crippen molar-refractivity contribution in [3.8, 4) is 0 Å². The van der Waals surface area contributed by atoms with Gasteiger partial charge in [0.1, 0.15) is 5.69 Å². The molecule has 0 atom stereocenters. The fraction of sp³-hybridized carbons (Fsp3) is 0.333. The minimum Gasteiger partial charge on any atom is -0.364 e. The Hall–Kier alpha value is -1.42. The lowest BCUT2D eigenvalue weighted by Gasteiger charge is -2.15. The number of aromatic nitrogens is 1. The van der Waals surface area contributed by atoms with E-state index in [9.17, 15) is 4.79 Å². The monoisotopic (exact) mass is 177 g/mol. The van der Waals surface area contributed by atoms with Gasteiger partial charge in [0.25, 0.3) is 5.91 Å². The zero-order chi connectivity index (χ0) is 9.26. The van der Waals surface area contributed by atoms with Gasteiger partial charge in [0.05, 0.1) is 0 Å². The summed E-state index contributed by atoms with van der Waals surface area (Å²) < 4.78 is 0. The van der Waals surface area contributed by atoms with Gasteiger partial charge in [0, 0.05) is 25.2 Å². The van der Waals surface area contributed by atoms with Gasteiger partial charge >= 0.3 is 0 Å². The van der Waals surface area contributed by atoms with E-state index in [0.29, 0.717) is 5.69 Å². The van der Waals surface area contributed by atoms with Crippen molar-refractivity contribution in [2.45, 2.75) is 13.0 Å². The van der Waals surface area contributed by atoms with Crippen LogP contribution in [-0.2, 0) is 13.0 Å². The van der Waals surface area contributed by atoms with Crippen LogP contribution in [0.2, 0.25) is 0 Å². The molecule has 4 heteroatoms. The van der Waals surface area contributed by atoms with E-state index in [2.05, 4.69) is 10.3 Å². The summed E-state index contributed by atoms with van der Waals surface area (Å²) in [4.78, 5) is 15.0. The first-order valence-electron chi connectivity index (χ1n) is 4.26. The Kier molecular flexibility index (Phi) is 1.98. The van der Waals surface area contributed by atoms with Crippen LogP contribution in [0, 0.1) is 0 Å². The number of hydrogen-bond acceptors (Lipinski definition) is 3.